The molecule has 142 valence electrons. The second-order valence-electron chi connectivity index (χ2n) is 7.44. The van der Waals surface area contributed by atoms with Gasteiger partial charge in [0.15, 0.2) is 0 Å². The normalized spacial score (nSPS) is 23.1. The summed E-state index contributed by atoms with van der Waals surface area (Å²) in [6, 6.07) is 8.19. The number of nitrogens with zero attached hydrogens (tertiary/aromatic N) is 3. The third-order valence-corrected chi connectivity index (χ3v) is 5.65. The zero-order chi connectivity index (χ0) is 19.6. The first kappa shape index (κ1) is 18.9. The standard InChI is InChI=1S/C20H24N4O3/c1-20(15-8-6-7-14(11-15)12-21)18(26)24(19(27)22-20)13-17(25)23(2)16-9-4-3-5-10-16/h6-8,11,16H,3-5,9-10,13H2,1-2H3,(H,22,27)/t20-/m0/s1. The molecule has 2 fully saturated rings. The fourth-order valence-electron chi connectivity index (χ4n) is 3.85. The largest absolute Gasteiger partial charge is 0.341 e. The van der Waals surface area contributed by atoms with Crippen LogP contribution in [0.15, 0.2) is 24.3 Å². The highest BCUT2D eigenvalue weighted by molar-refractivity contribution is 6.09. The molecule has 1 aromatic carbocycles. The van der Waals surface area contributed by atoms with Crippen molar-refractivity contribution < 1.29 is 14.4 Å². The third-order valence-electron chi connectivity index (χ3n) is 5.65. The molecule has 0 unspecified atom stereocenters. The fourth-order valence-corrected chi connectivity index (χ4v) is 3.85. The van der Waals surface area contributed by atoms with E-state index in [4.69, 9.17) is 5.26 Å². The number of benzene rings is 1. The number of imide groups is 1. The maximum Gasteiger partial charge on any atom is 0.325 e. The van der Waals surface area contributed by atoms with Crippen molar-refractivity contribution in [2.75, 3.05) is 13.6 Å². The van der Waals surface area contributed by atoms with Gasteiger partial charge < -0.3 is 10.2 Å². The SMILES string of the molecule is CN(C(=O)CN1C(=O)N[C@@](C)(c2cccc(C#N)c2)C1=O)C1CCCCC1. The highest BCUT2D eigenvalue weighted by Crippen LogP contribution is 2.29. The molecule has 1 aliphatic heterocycles. The van der Waals surface area contributed by atoms with Crippen LogP contribution >= 0.6 is 0 Å². The Balaban J connectivity index is 1.75. The van der Waals surface area contributed by atoms with Gasteiger partial charge >= 0.3 is 6.03 Å². The third kappa shape index (κ3) is 3.52. The summed E-state index contributed by atoms with van der Waals surface area (Å²) in [5, 5.41) is 11.8. The van der Waals surface area contributed by atoms with Crippen molar-refractivity contribution in [3.63, 3.8) is 0 Å². The number of amides is 4. The minimum Gasteiger partial charge on any atom is -0.341 e. The number of rotatable bonds is 4. The number of hydrogen-bond acceptors (Lipinski definition) is 4. The molecule has 0 bridgehead atoms. The van der Waals surface area contributed by atoms with E-state index in [9.17, 15) is 14.4 Å². The zero-order valence-corrected chi connectivity index (χ0v) is 15.7. The van der Waals surface area contributed by atoms with Crippen molar-refractivity contribution in [1.29, 1.82) is 5.26 Å². The van der Waals surface area contributed by atoms with E-state index in [1.54, 1.807) is 43.1 Å². The smallest absolute Gasteiger partial charge is 0.325 e. The van der Waals surface area contributed by atoms with Gasteiger partial charge in [0, 0.05) is 13.1 Å². The summed E-state index contributed by atoms with van der Waals surface area (Å²) < 4.78 is 0. The van der Waals surface area contributed by atoms with Crippen molar-refractivity contribution in [3.05, 3.63) is 35.4 Å². The first-order valence-corrected chi connectivity index (χ1v) is 9.27. The Labute approximate surface area is 158 Å². The van der Waals surface area contributed by atoms with E-state index < -0.39 is 17.5 Å². The molecule has 2 aliphatic rings. The van der Waals surface area contributed by atoms with Crippen LogP contribution in [0.3, 0.4) is 0 Å². The first-order valence-electron chi connectivity index (χ1n) is 9.27. The molecule has 7 nitrogen and oxygen atoms in total. The summed E-state index contributed by atoms with van der Waals surface area (Å²) in [6.07, 6.45) is 5.30. The molecular weight excluding hydrogens is 344 g/mol. The predicted molar refractivity (Wildman–Crippen MR) is 98.4 cm³/mol. The Bertz CT molecular complexity index is 810. The van der Waals surface area contributed by atoms with Crippen LogP contribution < -0.4 is 5.32 Å². The predicted octanol–water partition coefficient (Wildman–Crippen LogP) is 2.12. The number of urea groups is 1. The molecule has 0 spiro atoms. The molecule has 4 amide bonds. The molecule has 27 heavy (non-hydrogen) atoms. The van der Waals surface area contributed by atoms with E-state index in [0.717, 1.165) is 30.6 Å². The Hall–Kier alpha value is -2.88. The van der Waals surface area contributed by atoms with Crippen LogP contribution in [-0.2, 0) is 15.1 Å². The van der Waals surface area contributed by atoms with Crippen molar-refractivity contribution >= 4 is 17.8 Å². The molecule has 1 saturated carbocycles. The van der Waals surface area contributed by atoms with E-state index in [1.165, 1.54) is 6.42 Å². The summed E-state index contributed by atoms with van der Waals surface area (Å²) >= 11 is 0. The van der Waals surface area contributed by atoms with E-state index in [1.807, 2.05) is 6.07 Å². The Kier molecular flexibility index (Phi) is 5.17. The first-order chi connectivity index (χ1) is 12.9. The van der Waals surface area contributed by atoms with Crippen LogP contribution in [0.4, 0.5) is 4.79 Å². The van der Waals surface area contributed by atoms with E-state index in [2.05, 4.69) is 5.32 Å². The molecule has 0 radical (unpaired) electrons. The Morgan fingerprint density at radius 1 is 1.33 bits per heavy atom. The van der Waals surface area contributed by atoms with Crippen molar-refractivity contribution in [3.8, 4) is 6.07 Å². The molecule has 1 aliphatic carbocycles. The van der Waals surface area contributed by atoms with Gasteiger partial charge in [0.05, 0.1) is 11.6 Å². The number of hydrogen-bond donors (Lipinski definition) is 1. The quantitative estimate of drug-likeness (QED) is 0.824. The summed E-state index contributed by atoms with van der Waals surface area (Å²) in [5.41, 5.74) is -0.356. The topological polar surface area (TPSA) is 93.5 Å². The lowest BCUT2D eigenvalue weighted by molar-refractivity contribution is -0.139. The maximum absolute atomic E-state index is 13.0. The summed E-state index contributed by atoms with van der Waals surface area (Å²) in [6.45, 7) is 1.32. The number of nitrogens with one attached hydrogen (secondary N) is 1. The minimum atomic E-state index is -1.28. The van der Waals surface area contributed by atoms with Gasteiger partial charge in [0.1, 0.15) is 12.1 Å². The Morgan fingerprint density at radius 3 is 2.70 bits per heavy atom. The molecule has 1 N–H and O–H groups in total. The van der Waals surface area contributed by atoms with Gasteiger partial charge in [-0.05, 0) is 37.5 Å². The second-order valence-corrected chi connectivity index (χ2v) is 7.44. The maximum atomic E-state index is 13.0. The van der Waals surface area contributed by atoms with Crippen LogP contribution in [0.5, 0.6) is 0 Å². The summed E-state index contributed by atoms with van der Waals surface area (Å²) in [5.74, 6) is -0.714. The van der Waals surface area contributed by atoms with Crippen molar-refractivity contribution in [2.24, 2.45) is 0 Å². The second kappa shape index (κ2) is 7.39. The molecule has 7 heteroatoms. The van der Waals surface area contributed by atoms with Crippen molar-refractivity contribution in [2.45, 2.75) is 50.6 Å². The lowest BCUT2D eigenvalue weighted by Crippen LogP contribution is -2.46. The van der Waals surface area contributed by atoms with E-state index in [-0.39, 0.29) is 18.5 Å². The van der Waals surface area contributed by atoms with Crippen molar-refractivity contribution in [1.82, 2.24) is 15.1 Å². The molecular formula is C20H24N4O3. The molecule has 0 aromatic heterocycles. The lowest BCUT2D eigenvalue weighted by atomic mass is 9.91. The molecule has 1 heterocycles. The molecule has 1 aromatic rings. The van der Waals surface area contributed by atoms with Crippen LogP contribution in [-0.4, -0.2) is 47.3 Å². The Morgan fingerprint density at radius 2 is 2.04 bits per heavy atom. The average molecular weight is 368 g/mol. The fraction of sp³-hybridized carbons (Fsp3) is 0.500. The molecule has 1 atom stereocenters. The molecule has 1 saturated heterocycles. The number of likely N-dealkylation sites (N-methyl/N-ethyl adjacent to an activating group) is 1. The lowest BCUT2D eigenvalue weighted by Gasteiger charge is -2.32. The summed E-state index contributed by atoms with van der Waals surface area (Å²) in [4.78, 5) is 40.7. The van der Waals surface area contributed by atoms with Gasteiger partial charge in [-0.25, -0.2) is 4.79 Å². The summed E-state index contributed by atoms with van der Waals surface area (Å²) in [7, 11) is 1.74. The number of nitriles is 1. The highest BCUT2D eigenvalue weighted by Gasteiger charge is 2.49. The van der Waals surface area contributed by atoms with Gasteiger partial charge in [0.25, 0.3) is 5.91 Å². The molecule has 3 rings (SSSR count). The average Bonchev–Trinajstić information content (AvgIpc) is 2.92. The van der Waals surface area contributed by atoms with E-state index in [0.29, 0.717) is 11.1 Å². The number of carbonyl (C=O) groups is 3. The minimum absolute atomic E-state index is 0.172. The van der Waals surface area contributed by atoms with Gasteiger partial charge in [-0.15, -0.1) is 0 Å². The van der Waals surface area contributed by atoms with Crippen LogP contribution in [0.2, 0.25) is 0 Å². The van der Waals surface area contributed by atoms with Gasteiger partial charge in [0.2, 0.25) is 5.91 Å². The van der Waals surface area contributed by atoms with Crippen LogP contribution in [0.1, 0.15) is 50.2 Å². The van der Waals surface area contributed by atoms with Gasteiger partial charge in [-0.3, -0.25) is 14.5 Å². The van der Waals surface area contributed by atoms with Gasteiger partial charge in [-0.2, -0.15) is 5.26 Å². The highest BCUT2D eigenvalue weighted by atomic mass is 16.2. The number of carbonyl (C=O) groups excluding carboxylic acids is 3. The monoisotopic (exact) mass is 368 g/mol. The van der Waals surface area contributed by atoms with Crippen LogP contribution in [0.25, 0.3) is 0 Å². The zero-order valence-electron chi connectivity index (χ0n) is 15.7. The van der Waals surface area contributed by atoms with Gasteiger partial charge in [-0.1, -0.05) is 31.4 Å². The van der Waals surface area contributed by atoms with Crippen LogP contribution in [0, 0.1) is 11.3 Å². The van der Waals surface area contributed by atoms with E-state index >= 15 is 0 Å².